The largest absolute Gasteiger partial charge is 0.497 e. The molecular formula is C31H41N3O4S. The summed E-state index contributed by atoms with van der Waals surface area (Å²) in [5, 5.41) is 9.87. The SMILES string of the molecule is CCC(=O)c1ccc2c(c1)N(CC(C)N(C)C)c1ccccc1S2.COc1ccc(OC)c(C(O)C(C)N)c1. The number of Topliss-reactive ketones (excluding diaryl/α,β-unsaturated/α-hetero) is 1. The highest BCUT2D eigenvalue weighted by Crippen LogP contribution is 2.48. The van der Waals surface area contributed by atoms with Crippen molar-refractivity contribution in [3.8, 4) is 11.5 Å². The average Bonchev–Trinajstić information content (AvgIpc) is 2.95. The fourth-order valence-electron chi connectivity index (χ4n) is 4.18. The van der Waals surface area contributed by atoms with Gasteiger partial charge in [-0.15, -0.1) is 0 Å². The Labute approximate surface area is 236 Å². The Balaban J connectivity index is 0.000000242. The van der Waals surface area contributed by atoms with E-state index >= 15 is 0 Å². The molecular weight excluding hydrogens is 510 g/mol. The molecule has 0 bridgehead atoms. The summed E-state index contributed by atoms with van der Waals surface area (Å²) in [6, 6.07) is 19.9. The Hall–Kier alpha value is -3.04. The highest BCUT2D eigenvalue weighted by Gasteiger charge is 2.26. The molecule has 8 heteroatoms. The number of ketones is 1. The second kappa shape index (κ2) is 13.8. The number of anilines is 2. The van der Waals surface area contributed by atoms with Crippen LogP contribution in [0.15, 0.2) is 70.5 Å². The third-order valence-electron chi connectivity index (χ3n) is 6.85. The zero-order valence-corrected chi connectivity index (χ0v) is 24.8. The molecule has 0 aliphatic carbocycles. The number of aliphatic hydroxyl groups is 1. The summed E-state index contributed by atoms with van der Waals surface area (Å²) in [6.45, 7) is 6.77. The maximum absolute atomic E-state index is 12.1. The Morgan fingerprint density at radius 3 is 2.31 bits per heavy atom. The zero-order chi connectivity index (χ0) is 28.7. The molecule has 39 heavy (non-hydrogen) atoms. The third kappa shape index (κ3) is 7.33. The number of nitrogens with two attached hydrogens (primary N) is 1. The quantitative estimate of drug-likeness (QED) is 0.317. The standard InChI is InChI=1S/C20H24N2OS.C11H17NO3/c1-5-18(23)15-10-11-20-17(12-15)22(13-14(2)21(3)4)16-8-6-7-9-19(16)24-20;1-7(12)11(13)9-6-8(14-2)4-5-10(9)15-3/h6-12,14H,5,13H2,1-4H3;4-7,11,13H,12H2,1-3H3. The van der Waals surface area contributed by atoms with Crippen molar-refractivity contribution >= 4 is 28.9 Å². The van der Waals surface area contributed by atoms with E-state index in [0.29, 0.717) is 29.5 Å². The average molecular weight is 552 g/mol. The van der Waals surface area contributed by atoms with Gasteiger partial charge >= 0.3 is 0 Å². The fraction of sp³-hybridized carbons (Fsp3) is 0.387. The first-order valence-electron chi connectivity index (χ1n) is 13.1. The molecule has 0 amide bonds. The van der Waals surface area contributed by atoms with Crippen LogP contribution in [-0.4, -0.2) is 62.7 Å². The van der Waals surface area contributed by atoms with Gasteiger partial charge in [-0.25, -0.2) is 0 Å². The van der Waals surface area contributed by atoms with E-state index in [1.54, 1.807) is 51.1 Å². The summed E-state index contributed by atoms with van der Waals surface area (Å²) in [6.07, 6.45) is -0.216. The molecule has 3 unspecified atom stereocenters. The maximum Gasteiger partial charge on any atom is 0.162 e. The lowest BCUT2D eigenvalue weighted by Gasteiger charge is -2.36. The topological polar surface area (TPSA) is 88.3 Å². The van der Waals surface area contributed by atoms with Crippen LogP contribution in [0.3, 0.4) is 0 Å². The number of carbonyl (C=O) groups is 1. The lowest BCUT2D eigenvalue weighted by atomic mass is 10.0. The molecule has 3 atom stereocenters. The number of carbonyl (C=O) groups excluding carboxylic acids is 1. The smallest absolute Gasteiger partial charge is 0.162 e. The van der Waals surface area contributed by atoms with Crippen LogP contribution in [0.5, 0.6) is 11.5 Å². The van der Waals surface area contributed by atoms with Crippen molar-refractivity contribution < 1.29 is 19.4 Å². The van der Waals surface area contributed by atoms with Crippen molar-refractivity contribution in [3.63, 3.8) is 0 Å². The number of fused-ring (bicyclic) bond motifs is 2. The number of likely N-dealkylation sites (N-methyl/N-ethyl adjacent to an activating group) is 1. The lowest BCUT2D eigenvalue weighted by molar-refractivity contribution is 0.0988. The van der Waals surface area contributed by atoms with E-state index in [1.165, 1.54) is 15.5 Å². The van der Waals surface area contributed by atoms with Gasteiger partial charge in [-0.2, -0.15) is 0 Å². The first kappa shape index (κ1) is 30.5. The van der Waals surface area contributed by atoms with Crippen LogP contribution in [0.25, 0.3) is 0 Å². The molecule has 4 rings (SSSR count). The van der Waals surface area contributed by atoms with E-state index in [2.05, 4.69) is 67.2 Å². The summed E-state index contributed by atoms with van der Waals surface area (Å²) >= 11 is 1.78. The maximum atomic E-state index is 12.1. The van der Waals surface area contributed by atoms with Crippen molar-refractivity contribution in [1.82, 2.24) is 4.90 Å². The predicted octanol–water partition coefficient (Wildman–Crippen LogP) is 5.92. The van der Waals surface area contributed by atoms with Crippen LogP contribution in [-0.2, 0) is 0 Å². The predicted molar refractivity (Wildman–Crippen MR) is 160 cm³/mol. The van der Waals surface area contributed by atoms with Crippen molar-refractivity contribution in [2.24, 2.45) is 5.73 Å². The fourth-order valence-corrected chi connectivity index (χ4v) is 5.26. The van der Waals surface area contributed by atoms with Crippen LogP contribution >= 0.6 is 11.8 Å². The number of methoxy groups -OCH3 is 2. The minimum atomic E-state index is -0.755. The summed E-state index contributed by atoms with van der Waals surface area (Å²) < 4.78 is 10.2. The second-order valence-corrected chi connectivity index (χ2v) is 10.9. The first-order chi connectivity index (χ1) is 18.6. The van der Waals surface area contributed by atoms with E-state index < -0.39 is 6.10 Å². The number of para-hydroxylation sites is 1. The summed E-state index contributed by atoms with van der Waals surface area (Å²) in [5.74, 6) is 1.48. The van der Waals surface area contributed by atoms with Gasteiger partial charge in [0.1, 0.15) is 11.5 Å². The van der Waals surface area contributed by atoms with E-state index in [9.17, 15) is 9.90 Å². The minimum Gasteiger partial charge on any atom is -0.497 e. The number of rotatable bonds is 9. The molecule has 0 saturated heterocycles. The van der Waals surface area contributed by atoms with Crippen molar-refractivity contribution in [2.75, 3.05) is 39.8 Å². The Morgan fingerprint density at radius 1 is 1.00 bits per heavy atom. The molecule has 3 N–H and O–H groups in total. The van der Waals surface area contributed by atoms with Crippen LogP contribution in [0.1, 0.15) is 49.2 Å². The van der Waals surface area contributed by atoms with Crippen molar-refractivity contribution in [1.29, 1.82) is 0 Å². The van der Waals surface area contributed by atoms with Crippen LogP contribution in [0, 0.1) is 0 Å². The molecule has 0 spiro atoms. The van der Waals surface area contributed by atoms with Gasteiger partial charge in [-0.3, -0.25) is 4.79 Å². The normalized spacial score (nSPS) is 14.4. The Bertz CT molecular complexity index is 1260. The molecule has 0 aromatic heterocycles. The minimum absolute atomic E-state index is 0.197. The Morgan fingerprint density at radius 2 is 1.69 bits per heavy atom. The number of hydrogen-bond donors (Lipinski definition) is 2. The van der Waals surface area contributed by atoms with E-state index in [1.807, 2.05) is 13.0 Å². The molecule has 210 valence electrons. The molecule has 0 radical (unpaired) electrons. The van der Waals surface area contributed by atoms with E-state index in [0.717, 1.165) is 17.8 Å². The summed E-state index contributed by atoms with van der Waals surface area (Å²) in [5.41, 5.74) is 9.46. The molecule has 1 aliphatic rings. The summed E-state index contributed by atoms with van der Waals surface area (Å²) in [7, 11) is 7.34. The molecule has 1 heterocycles. The van der Waals surface area contributed by atoms with Crippen LogP contribution < -0.4 is 20.1 Å². The third-order valence-corrected chi connectivity index (χ3v) is 7.98. The number of aliphatic hydroxyl groups excluding tert-OH is 1. The van der Waals surface area contributed by atoms with Gasteiger partial charge in [0.05, 0.1) is 31.7 Å². The van der Waals surface area contributed by atoms with Crippen molar-refractivity contribution in [3.05, 3.63) is 71.8 Å². The monoisotopic (exact) mass is 551 g/mol. The highest BCUT2D eigenvalue weighted by atomic mass is 32.2. The number of nitrogens with zero attached hydrogens (tertiary/aromatic N) is 2. The molecule has 7 nitrogen and oxygen atoms in total. The molecule has 0 fully saturated rings. The van der Waals surface area contributed by atoms with Gasteiger partial charge in [0.2, 0.25) is 0 Å². The molecule has 3 aromatic rings. The summed E-state index contributed by atoms with van der Waals surface area (Å²) in [4.78, 5) is 19.2. The second-order valence-electron chi connectivity index (χ2n) is 9.86. The van der Waals surface area contributed by atoms with E-state index in [4.69, 9.17) is 15.2 Å². The zero-order valence-electron chi connectivity index (χ0n) is 24.0. The Kier molecular flexibility index (Phi) is 10.8. The number of ether oxygens (including phenoxy) is 2. The van der Waals surface area contributed by atoms with Gasteiger partial charge in [0.25, 0.3) is 0 Å². The number of benzene rings is 3. The highest BCUT2D eigenvalue weighted by molar-refractivity contribution is 7.99. The molecule has 3 aromatic carbocycles. The molecule has 1 aliphatic heterocycles. The van der Waals surface area contributed by atoms with Crippen LogP contribution in [0.4, 0.5) is 11.4 Å². The van der Waals surface area contributed by atoms with Gasteiger partial charge < -0.3 is 30.1 Å². The first-order valence-corrected chi connectivity index (χ1v) is 14.0. The van der Waals surface area contributed by atoms with E-state index in [-0.39, 0.29) is 11.8 Å². The van der Waals surface area contributed by atoms with Gasteiger partial charge in [0.15, 0.2) is 5.78 Å². The lowest BCUT2D eigenvalue weighted by Crippen LogP contribution is -2.37. The van der Waals surface area contributed by atoms with Crippen LogP contribution in [0.2, 0.25) is 0 Å². The molecule has 0 saturated carbocycles. The number of hydrogen-bond acceptors (Lipinski definition) is 8. The van der Waals surface area contributed by atoms with Gasteiger partial charge in [-0.05, 0) is 70.4 Å². The van der Waals surface area contributed by atoms with Gasteiger partial charge in [0, 0.05) is 46.0 Å². The van der Waals surface area contributed by atoms with Gasteiger partial charge in [-0.1, -0.05) is 36.9 Å². The van der Waals surface area contributed by atoms with Crippen molar-refractivity contribution in [2.45, 2.75) is 55.2 Å².